The third-order valence-corrected chi connectivity index (χ3v) is 3.03. The molecule has 2 atom stereocenters. The molecule has 0 spiro atoms. The normalized spacial score (nSPS) is 16.0. The molecule has 0 aliphatic carbocycles. The van der Waals surface area contributed by atoms with Gasteiger partial charge in [0.2, 0.25) is 0 Å². The van der Waals surface area contributed by atoms with Crippen LogP contribution < -0.4 is 0 Å². The molecule has 0 aliphatic heterocycles. The Morgan fingerprint density at radius 1 is 1.29 bits per heavy atom. The monoisotopic (exact) mass is 212 g/mol. The molecule has 0 aromatic carbocycles. The second-order valence-electron chi connectivity index (χ2n) is 4.83. The van der Waals surface area contributed by atoms with Crippen molar-refractivity contribution in [3.8, 4) is 0 Å². The van der Waals surface area contributed by atoms with Gasteiger partial charge in [0, 0.05) is 6.10 Å². The molecule has 14 heavy (non-hydrogen) atoms. The van der Waals surface area contributed by atoms with E-state index in [0.29, 0.717) is 12.0 Å². The molecular formula is C12H24OSi. The van der Waals surface area contributed by atoms with Gasteiger partial charge in [-0.3, -0.25) is 0 Å². The van der Waals surface area contributed by atoms with Gasteiger partial charge in [-0.1, -0.05) is 19.1 Å². The van der Waals surface area contributed by atoms with Crippen LogP contribution in [0.3, 0.4) is 0 Å². The SMILES string of the molecule is C=CCC(CC(C)C=C)O[Si](C)(C)C. The molecular weight excluding hydrogens is 188 g/mol. The van der Waals surface area contributed by atoms with E-state index in [-0.39, 0.29) is 0 Å². The quantitative estimate of drug-likeness (QED) is 0.458. The highest BCUT2D eigenvalue weighted by Gasteiger charge is 2.21. The van der Waals surface area contributed by atoms with Crippen LogP contribution in [0.2, 0.25) is 19.6 Å². The molecule has 0 rings (SSSR count). The predicted molar refractivity (Wildman–Crippen MR) is 67.0 cm³/mol. The van der Waals surface area contributed by atoms with Crippen molar-refractivity contribution in [1.82, 2.24) is 0 Å². The lowest BCUT2D eigenvalue weighted by atomic mass is 10.0. The van der Waals surface area contributed by atoms with Crippen LogP contribution in [0, 0.1) is 5.92 Å². The standard InChI is InChI=1S/C12H24OSi/c1-7-9-12(10-11(3)8-2)13-14(4,5)6/h7-8,11-12H,1-2,9-10H2,3-6H3. The number of hydrogen-bond donors (Lipinski definition) is 0. The van der Waals surface area contributed by atoms with E-state index < -0.39 is 8.32 Å². The van der Waals surface area contributed by atoms with Crippen molar-refractivity contribution in [2.75, 3.05) is 0 Å². The van der Waals surface area contributed by atoms with Crippen molar-refractivity contribution in [1.29, 1.82) is 0 Å². The van der Waals surface area contributed by atoms with E-state index in [1.165, 1.54) is 0 Å². The Labute approximate surface area is 90.0 Å². The first-order valence-electron chi connectivity index (χ1n) is 5.30. The van der Waals surface area contributed by atoms with Gasteiger partial charge < -0.3 is 4.43 Å². The Morgan fingerprint density at radius 2 is 1.86 bits per heavy atom. The van der Waals surface area contributed by atoms with Crippen LogP contribution in [0.15, 0.2) is 25.3 Å². The maximum absolute atomic E-state index is 6.07. The average Bonchev–Trinajstić information content (AvgIpc) is 2.01. The van der Waals surface area contributed by atoms with Gasteiger partial charge in [-0.25, -0.2) is 0 Å². The van der Waals surface area contributed by atoms with Gasteiger partial charge in [-0.15, -0.1) is 13.2 Å². The third-order valence-electron chi connectivity index (χ3n) is 1.99. The first-order chi connectivity index (χ1) is 6.39. The Kier molecular flexibility index (Phi) is 6.05. The fourth-order valence-corrected chi connectivity index (χ4v) is 2.58. The largest absolute Gasteiger partial charge is 0.414 e. The molecule has 2 unspecified atom stereocenters. The summed E-state index contributed by atoms with van der Waals surface area (Å²) in [5.74, 6) is 0.524. The minimum absolute atomic E-state index is 0.326. The van der Waals surface area contributed by atoms with Crippen LogP contribution in [-0.2, 0) is 4.43 Å². The van der Waals surface area contributed by atoms with Crippen molar-refractivity contribution in [2.24, 2.45) is 5.92 Å². The average molecular weight is 212 g/mol. The Bertz CT molecular complexity index is 181. The topological polar surface area (TPSA) is 9.23 Å². The van der Waals surface area contributed by atoms with E-state index in [9.17, 15) is 0 Å². The first kappa shape index (κ1) is 13.7. The summed E-state index contributed by atoms with van der Waals surface area (Å²) in [5.41, 5.74) is 0. The van der Waals surface area contributed by atoms with Crippen molar-refractivity contribution < 1.29 is 4.43 Å². The zero-order valence-electron chi connectivity index (χ0n) is 10.0. The number of rotatable bonds is 7. The van der Waals surface area contributed by atoms with Gasteiger partial charge in [-0.2, -0.15) is 0 Å². The highest BCUT2D eigenvalue weighted by molar-refractivity contribution is 6.69. The fraction of sp³-hybridized carbons (Fsp3) is 0.667. The molecule has 0 saturated heterocycles. The van der Waals surface area contributed by atoms with Crippen LogP contribution in [0.1, 0.15) is 19.8 Å². The summed E-state index contributed by atoms with van der Waals surface area (Å²) in [6.07, 6.45) is 6.26. The maximum atomic E-state index is 6.07. The van der Waals surface area contributed by atoms with Gasteiger partial charge in [0.15, 0.2) is 8.32 Å². The van der Waals surface area contributed by atoms with Crippen molar-refractivity contribution in [2.45, 2.75) is 45.5 Å². The summed E-state index contributed by atoms with van der Waals surface area (Å²) in [6, 6.07) is 0. The van der Waals surface area contributed by atoms with Gasteiger partial charge in [0.25, 0.3) is 0 Å². The molecule has 0 bridgehead atoms. The second-order valence-corrected chi connectivity index (χ2v) is 9.29. The molecule has 0 aromatic heterocycles. The molecule has 0 saturated carbocycles. The van der Waals surface area contributed by atoms with Crippen molar-refractivity contribution in [3.63, 3.8) is 0 Å². The molecule has 82 valence electrons. The van der Waals surface area contributed by atoms with E-state index in [4.69, 9.17) is 4.43 Å². The van der Waals surface area contributed by atoms with E-state index in [1.54, 1.807) is 0 Å². The van der Waals surface area contributed by atoms with E-state index in [1.807, 2.05) is 12.2 Å². The second kappa shape index (κ2) is 6.20. The van der Waals surface area contributed by atoms with Gasteiger partial charge >= 0.3 is 0 Å². The minimum Gasteiger partial charge on any atom is -0.414 e. The van der Waals surface area contributed by atoms with Crippen molar-refractivity contribution >= 4 is 8.32 Å². The van der Waals surface area contributed by atoms with Crippen LogP contribution in [-0.4, -0.2) is 14.4 Å². The molecule has 0 radical (unpaired) electrons. The highest BCUT2D eigenvalue weighted by atomic mass is 28.4. The Hall–Kier alpha value is -0.343. The van der Waals surface area contributed by atoms with Crippen LogP contribution in [0.25, 0.3) is 0 Å². The summed E-state index contributed by atoms with van der Waals surface area (Å²) >= 11 is 0. The van der Waals surface area contributed by atoms with Crippen LogP contribution in [0.5, 0.6) is 0 Å². The zero-order valence-corrected chi connectivity index (χ0v) is 11.0. The van der Waals surface area contributed by atoms with Crippen molar-refractivity contribution in [3.05, 3.63) is 25.3 Å². The molecule has 1 nitrogen and oxygen atoms in total. The first-order valence-corrected chi connectivity index (χ1v) is 8.71. The molecule has 0 aliphatic rings. The Morgan fingerprint density at radius 3 is 2.21 bits per heavy atom. The summed E-state index contributed by atoms with van der Waals surface area (Å²) < 4.78 is 6.07. The van der Waals surface area contributed by atoms with Gasteiger partial charge in [0.05, 0.1) is 0 Å². The lowest BCUT2D eigenvalue weighted by Crippen LogP contribution is -2.32. The summed E-state index contributed by atoms with van der Waals surface area (Å²) in [7, 11) is -1.42. The third kappa shape index (κ3) is 7.10. The maximum Gasteiger partial charge on any atom is 0.184 e. The van der Waals surface area contributed by atoms with E-state index in [2.05, 4.69) is 39.7 Å². The summed E-state index contributed by atoms with van der Waals surface area (Å²) in [4.78, 5) is 0. The molecule has 0 heterocycles. The minimum atomic E-state index is -1.42. The van der Waals surface area contributed by atoms with Gasteiger partial charge in [-0.05, 0) is 38.4 Å². The highest BCUT2D eigenvalue weighted by Crippen LogP contribution is 2.18. The molecule has 0 N–H and O–H groups in total. The molecule has 0 fully saturated rings. The predicted octanol–water partition coefficient (Wildman–Crippen LogP) is 3.99. The Balaban J connectivity index is 4.14. The number of hydrogen-bond acceptors (Lipinski definition) is 1. The summed E-state index contributed by atoms with van der Waals surface area (Å²) in [6.45, 7) is 16.4. The van der Waals surface area contributed by atoms with E-state index in [0.717, 1.165) is 12.8 Å². The molecule has 2 heteroatoms. The molecule has 0 aromatic rings. The van der Waals surface area contributed by atoms with E-state index >= 15 is 0 Å². The number of allylic oxidation sites excluding steroid dienone is 1. The smallest absolute Gasteiger partial charge is 0.184 e. The van der Waals surface area contributed by atoms with Crippen LogP contribution >= 0.6 is 0 Å². The fourth-order valence-electron chi connectivity index (χ4n) is 1.39. The lowest BCUT2D eigenvalue weighted by Gasteiger charge is -2.27. The zero-order chi connectivity index (χ0) is 11.2. The summed E-state index contributed by atoms with van der Waals surface area (Å²) in [5, 5.41) is 0. The van der Waals surface area contributed by atoms with Gasteiger partial charge in [0.1, 0.15) is 0 Å². The lowest BCUT2D eigenvalue weighted by molar-refractivity contribution is 0.175. The van der Waals surface area contributed by atoms with Crippen LogP contribution in [0.4, 0.5) is 0 Å². The molecule has 0 amide bonds.